The monoisotopic (exact) mass is 326 g/mol. The first-order valence-corrected chi connectivity index (χ1v) is 7.30. The maximum absolute atomic E-state index is 11.5. The molecule has 0 spiro atoms. The molecule has 0 saturated heterocycles. The van der Waals surface area contributed by atoms with Gasteiger partial charge in [0.15, 0.2) is 0 Å². The molecule has 0 fully saturated rings. The highest BCUT2D eigenvalue weighted by molar-refractivity contribution is 8.00. The second-order valence-electron chi connectivity index (χ2n) is 4.57. The van der Waals surface area contributed by atoms with Crippen LogP contribution in [0.3, 0.4) is 0 Å². The van der Waals surface area contributed by atoms with Crippen molar-refractivity contribution in [2.45, 2.75) is 31.3 Å². The lowest BCUT2D eigenvalue weighted by Crippen LogP contribution is -2.24. The van der Waals surface area contributed by atoms with Crippen molar-refractivity contribution in [2.24, 2.45) is 0 Å². The molecule has 0 aliphatic heterocycles. The van der Waals surface area contributed by atoms with Crippen molar-refractivity contribution >= 4 is 52.5 Å². The van der Waals surface area contributed by atoms with E-state index in [-0.39, 0.29) is 11.7 Å². The Morgan fingerprint density at radius 2 is 1.72 bits per heavy atom. The van der Waals surface area contributed by atoms with E-state index in [0.717, 1.165) is 0 Å². The molecule has 0 N–H and O–H groups in total. The molecule has 6 heteroatoms. The van der Waals surface area contributed by atoms with Gasteiger partial charge in [0.05, 0.1) is 20.8 Å². The van der Waals surface area contributed by atoms with Gasteiger partial charge in [-0.2, -0.15) is 0 Å². The van der Waals surface area contributed by atoms with Gasteiger partial charge in [0.25, 0.3) is 0 Å². The van der Waals surface area contributed by atoms with Crippen LogP contribution in [0.4, 0.5) is 0 Å². The number of hydrogen-bond donors (Lipinski definition) is 0. The maximum atomic E-state index is 11.5. The molecule has 2 nitrogen and oxygen atoms in total. The molecule has 18 heavy (non-hydrogen) atoms. The lowest BCUT2D eigenvalue weighted by Gasteiger charge is -2.19. The number of carbonyl (C=O) groups excluding carboxylic acids is 1. The normalized spacial score (nSPS) is 11.4. The molecule has 0 unspecified atom stereocenters. The van der Waals surface area contributed by atoms with Gasteiger partial charge in [0.2, 0.25) is 0 Å². The van der Waals surface area contributed by atoms with E-state index in [1.54, 1.807) is 12.1 Å². The zero-order valence-electron chi connectivity index (χ0n) is 10.2. The van der Waals surface area contributed by atoms with E-state index in [2.05, 4.69) is 0 Å². The van der Waals surface area contributed by atoms with Crippen molar-refractivity contribution in [1.82, 2.24) is 0 Å². The molecular weight excluding hydrogens is 315 g/mol. The predicted molar refractivity (Wildman–Crippen MR) is 78.0 cm³/mol. The summed E-state index contributed by atoms with van der Waals surface area (Å²) < 4.78 is 5.19. The number of thioether (sulfide) groups is 1. The number of esters is 1. The van der Waals surface area contributed by atoms with E-state index in [4.69, 9.17) is 39.5 Å². The number of ether oxygens (including phenoxy) is 1. The number of benzene rings is 1. The average Bonchev–Trinajstić information content (AvgIpc) is 2.19. The lowest BCUT2D eigenvalue weighted by atomic mass is 10.2. The third kappa shape index (κ3) is 5.27. The summed E-state index contributed by atoms with van der Waals surface area (Å²) in [5.41, 5.74) is -0.487. The van der Waals surface area contributed by atoms with Crippen molar-refractivity contribution in [1.29, 1.82) is 0 Å². The van der Waals surface area contributed by atoms with E-state index in [1.165, 1.54) is 11.8 Å². The highest BCUT2D eigenvalue weighted by Crippen LogP contribution is 2.34. The topological polar surface area (TPSA) is 26.3 Å². The first-order valence-electron chi connectivity index (χ1n) is 5.18. The van der Waals surface area contributed by atoms with Crippen LogP contribution in [0.1, 0.15) is 20.8 Å². The molecule has 0 aromatic heterocycles. The Labute approximate surface area is 126 Å². The summed E-state index contributed by atoms with van der Waals surface area (Å²) in [6.07, 6.45) is 0. The Morgan fingerprint density at radius 1 is 1.17 bits per heavy atom. The highest BCUT2D eigenvalue weighted by atomic mass is 35.5. The van der Waals surface area contributed by atoms with Gasteiger partial charge in [-0.25, -0.2) is 0 Å². The van der Waals surface area contributed by atoms with Crippen LogP contribution in [0.2, 0.25) is 15.1 Å². The molecule has 0 bridgehead atoms. The first kappa shape index (κ1) is 16.0. The summed E-state index contributed by atoms with van der Waals surface area (Å²) in [5.74, 6) is -0.121. The molecule has 1 rings (SSSR count). The summed E-state index contributed by atoms with van der Waals surface area (Å²) in [5, 5.41) is 1.27. The summed E-state index contributed by atoms with van der Waals surface area (Å²) in [6.45, 7) is 5.46. The van der Waals surface area contributed by atoms with Crippen molar-refractivity contribution in [3.8, 4) is 0 Å². The fraction of sp³-hybridized carbons (Fsp3) is 0.417. The molecule has 0 saturated carbocycles. The van der Waals surface area contributed by atoms with Crippen LogP contribution in [0.5, 0.6) is 0 Å². The molecule has 0 radical (unpaired) electrons. The lowest BCUT2D eigenvalue weighted by molar-refractivity contribution is -0.151. The van der Waals surface area contributed by atoms with Crippen molar-refractivity contribution in [3.63, 3.8) is 0 Å². The van der Waals surface area contributed by atoms with Crippen LogP contribution >= 0.6 is 46.6 Å². The van der Waals surface area contributed by atoms with Crippen LogP contribution < -0.4 is 0 Å². The Balaban J connectivity index is 2.64. The Bertz CT molecular complexity index is 455. The van der Waals surface area contributed by atoms with Gasteiger partial charge in [-0.1, -0.05) is 34.8 Å². The van der Waals surface area contributed by atoms with Crippen molar-refractivity contribution in [2.75, 3.05) is 5.75 Å². The Morgan fingerprint density at radius 3 is 2.28 bits per heavy atom. The van der Waals surface area contributed by atoms with Crippen LogP contribution in [0.25, 0.3) is 0 Å². The molecule has 0 amide bonds. The van der Waals surface area contributed by atoms with Gasteiger partial charge >= 0.3 is 5.97 Å². The minimum atomic E-state index is -0.487. The second kappa shape index (κ2) is 6.38. The summed E-state index contributed by atoms with van der Waals surface area (Å²) in [6, 6.07) is 3.20. The van der Waals surface area contributed by atoms with Gasteiger partial charge in [-0.3, -0.25) is 4.79 Å². The molecule has 0 aliphatic rings. The standard InChI is InChI=1S/C12H13Cl3O2S/c1-12(2,3)17-11(16)6-18-10-5-8(14)7(13)4-9(10)15/h4-5H,6H2,1-3H3. The van der Waals surface area contributed by atoms with Gasteiger partial charge < -0.3 is 4.74 Å². The van der Waals surface area contributed by atoms with Crippen LogP contribution in [0.15, 0.2) is 17.0 Å². The van der Waals surface area contributed by atoms with E-state index in [9.17, 15) is 4.79 Å². The molecule has 100 valence electrons. The van der Waals surface area contributed by atoms with Crippen molar-refractivity contribution < 1.29 is 9.53 Å². The van der Waals surface area contributed by atoms with Crippen molar-refractivity contribution in [3.05, 3.63) is 27.2 Å². The molecule has 0 aliphatic carbocycles. The quantitative estimate of drug-likeness (QED) is 0.440. The van der Waals surface area contributed by atoms with Crippen LogP contribution in [0, 0.1) is 0 Å². The largest absolute Gasteiger partial charge is 0.459 e. The van der Waals surface area contributed by atoms with Gasteiger partial charge in [-0.05, 0) is 32.9 Å². The fourth-order valence-electron chi connectivity index (χ4n) is 1.12. The van der Waals surface area contributed by atoms with Crippen LogP contribution in [-0.4, -0.2) is 17.3 Å². The maximum Gasteiger partial charge on any atom is 0.316 e. The minimum absolute atomic E-state index is 0.176. The molecule has 1 aromatic carbocycles. The zero-order valence-corrected chi connectivity index (χ0v) is 13.3. The van der Waals surface area contributed by atoms with Gasteiger partial charge in [0.1, 0.15) is 5.60 Å². The summed E-state index contributed by atoms with van der Waals surface area (Å²) in [4.78, 5) is 12.3. The third-order valence-electron chi connectivity index (χ3n) is 1.74. The molecule has 0 heterocycles. The smallest absolute Gasteiger partial charge is 0.316 e. The Kier molecular flexibility index (Phi) is 5.66. The number of halogens is 3. The van der Waals surface area contributed by atoms with E-state index < -0.39 is 5.60 Å². The van der Waals surface area contributed by atoms with E-state index in [1.807, 2.05) is 20.8 Å². The van der Waals surface area contributed by atoms with Gasteiger partial charge in [0, 0.05) is 4.90 Å². The van der Waals surface area contributed by atoms with Crippen LogP contribution in [-0.2, 0) is 9.53 Å². The summed E-state index contributed by atoms with van der Waals surface area (Å²) >= 11 is 19.0. The molecule has 0 atom stereocenters. The predicted octanol–water partition coefficient (Wildman–Crippen LogP) is 5.08. The second-order valence-corrected chi connectivity index (χ2v) is 6.81. The van der Waals surface area contributed by atoms with E-state index >= 15 is 0 Å². The fourth-order valence-corrected chi connectivity index (χ4v) is 2.63. The highest BCUT2D eigenvalue weighted by Gasteiger charge is 2.17. The van der Waals surface area contributed by atoms with E-state index in [0.29, 0.717) is 20.0 Å². The summed E-state index contributed by atoms with van der Waals surface area (Å²) in [7, 11) is 0. The SMILES string of the molecule is CC(C)(C)OC(=O)CSc1cc(Cl)c(Cl)cc1Cl. The molecular formula is C12H13Cl3O2S. The third-order valence-corrected chi connectivity index (χ3v) is 3.92. The number of rotatable bonds is 3. The van der Waals surface area contributed by atoms with Gasteiger partial charge in [-0.15, -0.1) is 11.8 Å². The average molecular weight is 328 g/mol. The number of carbonyl (C=O) groups is 1. The Hall–Kier alpha value is -0.0900. The first-order chi connectivity index (χ1) is 8.19. The minimum Gasteiger partial charge on any atom is -0.459 e. The molecule has 1 aromatic rings. The zero-order chi connectivity index (χ0) is 13.9. The number of hydrogen-bond acceptors (Lipinski definition) is 3.